The molecule has 1 aromatic carbocycles. The topological polar surface area (TPSA) is 49.9 Å². The Labute approximate surface area is 134 Å². The molecule has 0 bridgehead atoms. The molecule has 0 fully saturated rings. The van der Waals surface area contributed by atoms with Gasteiger partial charge in [0.2, 0.25) is 0 Å². The van der Waals surface area contributed by atoms with Crippen LogP contribution in [0.3, 0.4) is 0 Å². The molecule has 0 aliphatic rings. The lowest BCUT2D eigenvalue weighted by molar-refractivity contribution is 0.0993. The van der Waals surface area contributed by atoms with Crippen LogP contribution < -0.4 is 5.56 Å². The quantitative estimate of drug-likeness (QED) is 0.723. The van der Waals surface area contributed by atoms with Gasteiger partial charge in [-0.15, -0.1) is 11.3 Å². The van der Waals surface area contributed by atoms with Crippen molar-refractivity contribution in [2.45, 2.75) is 6.42 Å². The summed E-state index contributed by atoms with van der Waals surface area (Å²) in [5.74, 6) is -0.0904. The third kappa shape index (κ3) is 2.88. The van der Waals surface area contributed by atoms with E-state index in [0.29, 0.717) is 19.6 Å². The number of hydrogen-bond acceptors (Lipinski definition) is 3. The van der Waals surface area contributed by atoms with Crippen LogP contribution in [0, 0.1) is 0 Å². The van der Waals surface area contributed by atoms with Gasteiger partial charge in [-0.25, -0.2) is 0 Å². The number of carbonyl (C=O) groups is 1. The van der Waals surface area contributed by atoms with Gasteiger partial charge in [-0.1, -0.05) is 35.3 Å². The number of fused-ring (bicyclic) bond motifs is 1. The van der Waals surface area contributed by atoms with Gasteiger partial charge in [-0.3, -0.25) is 9.59 Å². The van der Waals surface area contributed by atoms with Gasteiger partial charge in [0, 0.05) is 23.6 Å². The van der Waals surface area contributed by atoms with Crippen molar-refractivity contribution in [1.82, 2.24) is 4.98 Å². The summed E-state index contributed by atoms with van der Waals surface area (Å²) < 4.78 is 0.899. The number of rotatable bonds is 3. The number of thiophene rings is 1. The van der Waals surface area contributed by atoms with Crippen molar-refractivity contribution < 1.29 is 4.79 Å². The Morgan fingerprint density at radius 2 is 2.00 bits per heavy atom. The third-order valence-corrected chi connectivity index (χ3v) is 4.65. The van der Waals surface area contributed by atoms with E-state index in [1.165, 1.54) is 11.3 Å². The van der Waals surface area contributed by atoms with Gasteiger partial charge in [-0.05, 0) is 29.1 Å². The monoisotopic (exact) mass is 337 g/mol. The maximum Gasteiger partial charge on any atom is 0.255 e. The molecule has 2 heterocycles. The van der Waals surface area contributed by atoms with Crippen molar-refractivity contribution in [2.75, 3.05) is 0 Å². The first-order valence-corrected chi connectivity index (χ1v) is 7.70. The van der Waals surface area contributed by atoms with E-state index in [-0.39, 0.29) is 17.8 Å². The van der Waals surface area contributed by atoms with Gasteiger partial charge in [0.25, 0.3) is 5.56 Å². The first kappa shape index (κ1) is 14.3. The Morgan fingerprint density at radius 1 is 1.19 bits per heavy atom. The summed E-state index contributed by atoms with van der Waals surface area (Å²) in [6.45, 7) is 0. The van der Waals surface area contributed by atoms with Crippen LogP contribution in [0.5, 0.6) is 0 Å². The number of hydrogen-bond donors (Lipinski definition) is 1. The molecule has 0 aliphatic carbocycles. The maximum absolute atomic E-state index is 12.2. The number of halogens is 2. The maximum atomic E-state index is 12.2. The molecule has 3 nitrogen and oxygen atoms in total. The number of aromatic nitrogens is 1. The first-order valence-electron chi connectivity index (χ1n) is 6.13. The number of nitrogens with one attached hydrogen (secondary N) is 1. The highest BCUT2D eigenvalue weighted by atomic mass is 35.5. The highest BCUT2D eigenvalue weighted by Crippen LogP contribution is 2.32. The molecule has 106 valence electrons. The number of Topliss-reactive ketones (excluding diaryl/α,β-unsaturated/α-hetero) is 1. The zero-order chi connectivity index (χ0) is 15.0. The van der Waals surface area contributed by atoms with Gasteiger partial charge in [0.15, 0.2) is 5.78 Å². The molecule has 6 heteroatoms. The SMILES string of the molecule is O=C(Cc1ccc2c(=O)[nH]ccc2c1)c1cc(Cl)sc1Cl. The number of ketones is 1. The van der Waals surface area contributed by atoms with E-state index in [1.807, 2.05) is 6.07 Å². The molecule has 0 spiro atoms. The summed E-state index contributed by atoms with van der Waals surface area (Å²) in [5.41, 5.74) is 1.13. The summed E-state index contributed by atoms with van der Waals surface area (Å²) in [6.07, 6.45) is 1.81. The molecule has 1 N–H and O–H groups in total. The molecule has 3 aromatic rings. The Kier molecular flexibility index (Phi) is 3.85. The zero-order valence-electron chi connectivity index (χ0n) is 10.7. The second-order valence-electron chi connectivity index (χ2n) is 4.57. The standard InChI is InChI=1S/C15H9Cl2NO2S/c16-13-7-11(14(17)21-13)12(19)6-8-1-2-10-9(5-8)3-4-18-15(10)20/h1-5,7H,6H2,(H,18,20). The van der Waals surface area contributed by atoms with E-state index >= 15 is 0 Å². The van der Waals surface area contributed by atoms with Gasteiger partial charge >= 0.3 is 0 Å². The smallest absolute Gasteiger partial charge is 0.255 e. The molecule has 3 rings (SSSR count). The molecule has 0 saturated heterocycles. The van der Waals surface area contributed by atoms with Gasteiger partial charge < -0.3 is 4.98 Å². The molecule has 0 aliphatic heterocycles. The van der Waals surface area contributed by atoms with E-state index < -0.39 is 0 Å². The lowest BCUT2D eigenvalue weighted by atomic mass is 10.0. The summed E-state index contributed by atoms with van der Waals surface area (Å²) in [5, 5.41) is 1.41. The van der Waals surface area contributed by atoms with Gasteiger partial charge in [-0.2, -0.15) is 0 Å². The molecule has 2 aromatic heterocycles. The predicted molar refractivity (Wildman–Crippen MR) is 86.9 cm³/mol. The van der Waals surface area contributed by atoms with Crippen molar-refractivity contribution in [3.05, 3.63) is 66.7 Å². The van der Waals surface area contributed by atoms with Crippen LogP contribution in [-0.2, 0) is 6.42 Å². The molecule has 0 unspecified atom stereocenters. The highest BCUT2D eigenvalue weighted by Gasteiger charge is 2.15. The van der Waals surface area contributed by atoms with Crippen molar-refractivity contribution in [3.8, 4) is 0 Å². The predicted octanol–water partition coefficient (Wildman–Crippen LogP) is 4.32. The Morgan fingerprint density at radius 3 is 2.71 bits per heavy atom. The third-order valence-electron chi connectivity index (χ3n) is 3.16. The van der Waals surface area contributed by atoms with Crippen molar-refractivity contribution in [3.63, 3.8) is 0 Å². The lowest BCUT2D eigenvalue weighted by Gasteiger charge is -2.02. The van der Waals surface area contributed by atoms with Crippen molar-refractivity contribution >= 4 is 51.1 Å². The Bertz CT molecular complexity index is 898. The fourth-order valence-electron chi connectivity index (χ4n) is 2.16. The van der Waals surface area contributed by atoms with Crippen LogP contribution in [0.4, 0.5) is 0 Å². The molecular weight excluding hydrogens is 329 g/mol. The zero-order valence-corrected chi connectivity index (χ0v) is 13.0. The van der Waals surface area contributed by atoms with E-state index in [2.05, 4.69) is 4.98 Å². The van der Waals surface area contributed by atoms with Crippen molar-refractivity contribution in [2.24, 2.45) is 0 Å². The summed E-state index contributed by atoms with van der Waals surface area (Å²) in [4.78, 5) is 26.5. The second kappa shape index (κ2) is 5.64. The number of aromatic amines is 1. The van der Waals surface area contributed by atoms with E-state index in [0.717, 1.165) is 10.9 Å². The summed E-state index contributed by atoms with van der Waals surface area (Å²) in [6, 6.07) is 8.72. The minimum atomic E-state index is -0.141. The Balaban J connectivity index is 1.93. The van der Waals surface area contributed by atoms with Crippen LogP contribution >= 0.6 is 34.5 Å². The Hall–Kier alpha value is -1.62. The molecule has 0 saturated carbocycles. The summed E-state index contributed by atoms with van der Waals surface area (Å²) >= 11 is 13.0. The normalized spacial score (nSPS) is 11.0. The summed E-state index contributed by atoms with van der Waals surface area (Å²) in [7, 11) is 0. The number of benzene rings is 1. The van der Waals surface area contributed by atoms with E-state index in [9.17, 15) is 9.59 Å². The van der Waals surface area contributed by atoms with Crippen LogP contribution in [0.25, 0.3) is 10.8 Å². The minimum absolute atomic E-state index is 0.0904. The van der Waals surface area contributed by atoms with Gasteiger partial charge in [0.05, 0.1) is 4.34 Å². The second-order valence-corrected chi connectivity index (χ2v) is 6.85. The molecule has 0 radical (unpaired) electrons. The molecule has 0 amide bonds. The fraction of sp³-hybridized carbons (Fsp3) is 0.0667. The van der Waals surface area contributed by atoms with Crippen LogP contribution in [-0.4, -0.2) is 10.8 Å². The van der Waals surface area contributed by atoms with E-state index in [1.54, 1.807) is 30.5 Å². The van der Waals surface area contributed by atoms with Crippen LogP contribution in [0.15, 0.2) is 41.3 Å². The van der Waals surface area contributed by atoms with Gasteiger partial charge in [0.1, 0.15) is 4.34 Å². The van der Waals surface area contributed by atoms with Crippen molar-refractivity contribution in [1.29, 1.82) is 0 Å². The average Bonchev–Trinajstić information content (AvgIpc) is 2.78. The molecule has 21 heavy (non-hydrogen) atoms. The van der Waals surface area contributed by atoms with Crippen LogP contribution in [0.1, 0.15) is 15.9 Å². The lowest BCUT2D eigenvalue weighted by Crippen LogP contribution is -2.06. The fourth-order valence-corrected chi connectivity index (χ4v) is 3.66. The average molecular weight is 338 g/mol. The largest absolute Gasteiger partial charge is 0.329 e. The molecular formula is C15H9Cl2NO2S. The van der Waals surface area contributed by atoms with Crippen LogP contribution in [0.2, 0.25) is 8.67 Å². The number of H-pyrrole nitrogens is 1. The van der Waals surface area contributed by atoms with E-state index in [4.69, 9.17) is 23.2 Å². The highest BCUT2D eigenvalue weighted by molar-refractivity contribution is 7.20. The molecule has 0 atom stereocenters. The number of carbonyl (C=O) groups excluding carboxylic acids is 1. The number of pyridine rings is 1. The first-order chi connectivity index (χ1) is 10.0. The minimum Gasteiger partial charge on any atom is -0.329 e.